The molecule has 1 saturated heterocycles. The van der Waals surface area contributed by atoms with Crippen LogP contribution < -0.4 is 10.6 Å². The summed E-state index contributed by atoms with van der Waals surface area (Å²) in [6, 6.07) is 8.16. The molecule has 2 aromatic rings. The van der Waals surface area contributed by atoms with Crippen LogP contribution in [-0.4, -0.2) is 40.9 Å². The molecule has 3 rings (SSSR count). The summed E-state index contributed by atoms with van der Waals surface area (Å²) in [5.74, 6) is 0. The molecule has 0 saturated carbocycles. The van der Waals surface area contributed by atoms with Gasteiger partial charge in [0.2, 0.25) is 0 Å². The first kappa shape index (κ1) is 13.9. The van der Waals surface area contributed by atoms with Gasteiger partial charge in [-0.1, -0.05) is 0 Å². The van der Waals surface area contributed by atoms with Gasteiger partial charge in [0.1, 0.15) is 0 Å². The Morgan fingerprint density at radius 2 is 1.76 bits per heavy atom. The summed E-state index contributed by atoms with van der Waals surface area (Å²) in [6.07, 6.45) is 2.13. The number of nitrogens with two attached hydrogens (primary N) is 1. The molecule has 112 valence electrons. The van der Waals surface area contributed by atoms with Crippen LogP contribution in [0.5, 0.6) is 0 Å². The minimum Gasteiger partial charge on any atom is -0.399 e. The minimum atomic E-state index is 0.824. The average molecular weight is 285 g/mol. The lowest BCUT2D eigenvalue weighted by molar-refractivity contribution is 0.249. The average Bonchev–Trinajstić information content (AvgIpc) is 2.79. The van der Waals surface area contributed by atoms with Crippen LogP contribution in [0.3, 0.4) is 0 Å². The predicted octanol–water partition coefficient (Wildman–Crippen LogP) is 1.63. The molecule has 1 aliphatic rings. The van der Waals surface area contributed by atoms with Crippen molar-refractivity contribution in [2.75, 3.05) is 36.8 Å². The molecule has 0 unspecified atom stereocenters. The maximum absolute atomic E-state index is 5.75. The summed E-state index contributed by atoms with van der Waals surface area (Å²) in [6.45, 7) is 7.36. The van der Waals surface area contributed by atoms with Gasteiger partial charge in [0, 0.05) is 62.9 Å². The third-order valence-electron chi connectivity index (χ3n) is 4.14. The van der Waals surface area contributed by atoms with E-state index in [1.165, 1.54) is 11.3 Å². The molecule has 5 nitrogen and oxygen atoms in total. The summed E-state index contributed by atoms with van der Waals surface area (Å²) in [5, 5.41) is 4.42. The van der Waals surface area contributed by atoms with E-state index >= 15 is 0 Å². The van der Waals surface area contributed by atoms with E-state index < -0.39 is 0 Å². The molecule has 5 heteroatoms. The quantitative estimate of drug-likeness (QED) is 0.871. The van der Waals surface area contributed by atoms with Crippen molar-refractivity contribution in [2.24, 2.45) is 7.05 Å². The minimum absolute atomic E-state index is 0.824. The Labute approximate surface area is 126 Å². The Morgan fingerprint density at radius 3 is 2.33 bits per heavy atom. The maximum atomic E-state index is 5.75. The Morgan fingerprint density at radius 1 is 1.10 bits per heavy atom. The summed E-state index contributed by atoms with van der Waals surface area (Å²) in [5.41, 5.74) is 10.3. The van der Waals surface area contributed by atoms with Crippen molar-refractivity contribution < 1.29 is 0 Å². The topological polar surface area (TPSA) is 50.3 Å². The van der Waals surface area contributed by atoms with E-state index in [9.17, 15) is 0 Å². The number of rotatable bonds is 3. The molecule has 1 aromatic heterocycles. The summed E-state index contributed by atoms with van der Waals surface area (Å²) in [7, 11) is 1.98. The van der Waals surface area contributed by atoms with E-state index in [0.717, 1.165) is 44.1 Å². The zero-order valence-corrected chi connectivity index (χ0v) is 12.8. The number of anilines is 2. The standard InChI is InChI=1S/C16H23N5/c1-13-14(11-19(2)18-13)12-20-7-9-21(10-8-20)16-5-3-15(17)4-6-16/h3-6,11H,7-10,12,17H2,1-2H3. The number of hydrogen-bond acceptors (Lipinski definition) is 4. The molecule has 21 heavy (non-hydrogen) atoms. The number of nitrogens with zero attached hydrogens (tertiary/aromatic N) is 4. The SMILES string of the molecule is Cc1nn(C)cc1CN1CCN(c2ccc(N)cc2)CC1. The van der Waals surface area contributed by atoms with Gasteiger partial charge in [0.05, 0.1) is 5.69 Å². The number of benzene rings is 1. The zero-order valence-electron chi connectivity index (χ0n) is 12.8. The Hall–Kier alpha value is -2.01. The highest BCUT2D eigenvalue weighted by molar-refractivity contribution is 5.53. The number of hydrogen-bond donors (Lipinski definition) is 1. The highest BCUT2D eigenvalue weighted by Gasteiger charge is 2.18. The van der Waals surface area contributed by atoms with Crippen LogP contribution in [-0.2, 0) is 13.6 Å². The van der Waals surface area contributed by atoms with Gasteiger partial charge in [-0.2, -0.15) is 5.10 Å². The van der Waals surface area contributed by atoms with Gasteiger partial charge in [0.15, 0.2) is 0 Å². The van der Waals surface area contributed by atoms with E-state index in [2.05, 4.69) is 40.2 Å². The molecule has 2 heterocycles. The van der Waals surface area contributed by atoms with Crippen molar-refractivity contribution in [1.82, 2.24) is 14.7 Å². The second kappa shape index (κ2) is 5.77. The molecule has 2 N–H and O–H groups in total. The van der Waals surface area contributed by atoms with Gasteiger partial charge in [-0.15, -0.1) is 0 Å². The van der Waals surface area contributed by atoms with Crippen molar-refractivity contribution in [1.29, 1.82) is 0 Å². The van der Waals surface area contributed by atoms with Crippen LogP contribution in [0.15, 0.2) is 30.5 Å². The monoisotopic (exact) mass is 285 g/mol. The van der Waals surface area contributed by atoms with Gasteiger partial charge >= 0.3 is 0 Å². The molecule has 0 bridgehead atoms. The molecule has 1 aliphatic heterocycles. The van der Waals surface area contributed by atoms with Crippen LogP contribution in [0.25, 0.3) is 0 Å². The second-order valence-corrected chi connectivity index (χ2v) is 5.77. The van der Waals surface area contributed by atoms with Crippen LogP contribution in [0.4, 0.5) is 11.4 Å². The highest BCUT2D eigenvalue weighted by atomic mass is 15.3. The van der Waals surface area contributed by atoms with Crippen molar-refractivity contribution >= 4 is 11.4 Å². The van der Waals surface area contributed by atoms with Crippen molar-refractivity contribution in [3.63, 3.8) is 0 Å². The van der Waals surface area contributed by atoms with E-state index in [1.54, 1.807) is 0 Å². The number of nitrogen functional groups attached to an aromatic ring is 1. The molecular formula is C16H23N5. The third kappa shape index (κ3) is 3.19. The fourth-order valence-corrected chi connectivity index (χ4v) is 2.89. The first-order chi connectivity index (χ1) is 10.1. The maximum Gasteiger partial charge on any atom is 0.0638 e. The van der Waals surface area contributed by atoms with E-state index in [1.807, 2.05) is 23.9 Å². The molecule has 0 atom stereocenters. The molecule has 0 amide bonds. The van der Waals surface area contributed by atoms with Crippen LogP contribution in [0, 0.1) is 6.92 Å². The number of aromatic nitrogens is 2. The number of piperazine rings is 1. The van der Waals surface area contributed by atoms with Gasteiger partial charge in [-0.3, -0.25) is 9.58 Å². The van der Waals surface area contributed by atoms with Crippen LogP contribution >= 0.6 is 0 Å². The highest BCUT2D eigenvalue weighted by Crippen LogP contribution is 2.19. The van der Waals surface area contributed by atoms with Gasteiger partial charge < -0.3 is 10.6 Å². The second-order valence-electron chi connectivity index (χ2n) is 5.77. The first-order valence-electron chi connectivity index (χ1n) is 7.44. The molecule has 1 aromatic carbocycles. The van der Waals surface area contributed by atoms with E-state index in [-0.39, 0.29) is 0 Å². The lowest BCUT2D eigenvalue weighted by Crippen LogP contribution is -2.46. The molecule has 0 spiro atoms. The van der Waals surface area contributed by atoms with E-state index in [4.69, 9.17) is 5.73 Å². The van der Waals surface area contributed by atoms with Gasteiger partial charge in [-0.25, -0.2) is 0 Å². The summed E-state index contributed by atoms with van der Waals surface area (Å²) in [4.78, 5) is 4.92. The normalized spacial score (nSPS) is 16.4. The Balaban J connectivity index is 1.57. The lowest BCUT2D eigenvalue weighted by Gasteiger charge is -2.36. The smallest absolute Gasteiger partial charge is 0.0638 e. The van der Waals surface area contributed by atoms with Crippen LogP contribution in [0.2, 0.25) is 0 Å². The number of aryl methyl sites for hydroxylation is 2. The Bertz CT molecular complexity index is 594. The van der Waals surface area contributed by atoms with Crippen molar-refractivity contribution in [3.05, 3.63) is 41.7 Å². The summed E-state index contributed by atoms with van der Waals surface area (Å²) >= 11 is 0. The fraction of sp³-hybridized carbons (Fsp3) is 0.438. The lowest BCUT2D eigenvalue weighted by atomic mass is 10.2. The van der Waals surface area contributed by atoms with Gasteiger partial charge in [0.25, 0.3) is 0 Å². The fourth-order valence-electron chi connectivity index (χ4n) is 2.89. The molecular weight excluding hydrogens is 262 g/mol. The van der Waals surface area contributed by atoms with Crippen LogP contribution in [0.1, 0.15) is 11.3 Å². The third-order valence-corrected chi connectivity index (χ3v) is 4.14. The van der Waals surface area contributed by atoms with Gasteiger partial charge in [-0.05, 0) is 31.2 Å². The summed E-state index contributed by atoms with van der Waals surface area (Å²) < 4.78 is 1.90. The van der Waals surface area contributed by atoms with E-state index in [0.29, 0.717) is 0 Å². The Kier molecular flexibility index (Phi) is 3.84. The largest absolute Gasteiger partial charge is 0.399 e. The first-order valence-corrected chi connectivity index (χ1v) is 7.44. The molecule has 0 aliphatic carbocycles. The zero-order chi connectivity index (χ0) is 14.8. The predicted molar refractivity (Wildman–Crippen MR) is 86.3 cm³/mol. The molecule has 0 radical (unpaired) electrons. The van der Waals surface area contributed by atoms with Crippen molar-refractivity contribution in [3.8, 4) is 0 Å². The van der Waals surface area contributed by atoms with Crippen molar-refractivity contribution in [2.45, 2.75) is 13.5 Å². The molecule has 1 fully saturated rings.